The smallest absolute Gasteiger partial charge is 0.332 e. The Labute approximate surface area is 110 Å². The van der Waals surface area contributed by atoms with E-state index < -0.39 is 12.1 Å². The molecule has 0 saturated carbocycles. The number of aromatic nitrogens is 1. The Hall–Kier alpha value is -2.14. The van der Waals surface area contributed by atoms with E-state index in [-0.39, 0.29) is 12.4 Å². The number of Topliss-reactive ketones (excluding diaryl/α,β-unsaturated/α-hetero) is 1. The topological polar surface area (TPSA) is 68.4 Å². The van der Waals surface area contributed by atoms with Crippen LogP contribution in [0.1, 0.15) is 17.3 Å². The number of fused-ring (bicyclic) bond motifs is 1. The van der Waals surface area contributed by atoms with Crippen molar-refractivity contribution in [3.8, 4) is 0 Å². The van der Waals surface area contributed by atoms with E-state index in [9.17, 15) is 9.59 Å². The maximum Gasteiger partial charge on any atom is 0.332 e. The van der Waals surface area contributed by atoms with E-state index in [1.54, 1.807) is 13.1 Å². The molecule has 0 radical (unpaired) electrons. The standard InChI is InChI=1S/C14H15NO4/c1-9(19-13(16)8-18-2)14(17)11-7-15-12-6-4-3-5-10(11)12/h3-7,9,15H,8H2,1-2H3/t9-/m1/s1. The van der Waals surface area contributed by atoms with Crippen LogP contribution in [0.5, 0.6) is 0 Å². The summed E-state index contributed by atoms with van der Waals surface area (Å²) in [7, 11) is 1.40. The molecule has 0 bridgehead atoms. The first kappa shape index (κ1) is 13.3. The van der Waals surface area contributed by atoms with Gasteiger partial charge in [0.15, 0.2) is 6.10 Å². The van der Waals surface area contributed by atoms with Crippen LogP contribution in [0.4, 0.5) is 0 Å². The lowest BCUT2D eigenvalue weighted by atomic mass is 10.1. The third-order valence-corrected chi connectivity index (χ3v) is 2.79. The Morgan fingerprint density at radius 2 is 2.05 bits per heavy atom. The Balaban J connectivity index is 2.17. The van der Waals surface area contributed by atoms with Gasteiger partial charge in [-0.25, -0.2) is 4.79 Å². The normalized spacial score (nSPS) is 12.3. The summed E-state index contributed by atoms with van der Waals surface area (Å²) in [5, 5.41) is 0.821. The third-order valence-electron chi connectivity index (χ3n) is 2.79. The van der Waals surface area contributed by atoms with Gasteiger partial charge in [0.25, 0.3) is 0 Å². The minimum atomic E-state index is -0.832. The number of H-pyrrole nitrogens is 1. The second-order valence-electron chi connectivity index (χ2n) is 4.18. The highest BCUT2D eigenvalue weighted by Crippen LogP contribution is 2.19. The van der Waals surface area contributed by atoms with Gasteiger partial charge in [-0.3, -0.25) is 4.79 Å². The van der Waals surface area contributed by atoms with Gasteiger partial charge >= 0.3 is 5.97 Å². The highest BCUT2D eigenvalue weighted by molar-refractivity contribution is 6.10. The van der Waals surface area contributed by atoms with Crippen molar-refractivity contribution < 1.29 is 19.1 Å². The number of para-hydroxylation sites is 1. The molecule has 1 heterocycles. The zero-order chi connectivity index (χ0) is 13.8. The molecule has 0 spiro atoms. The first-order valence-electron chi connectivity index (χ1n) is 5.92. The molecule has 0 saturated heterocycles. The Bertz CT molecular complexity index is 602. The molecule has 100 valence electrons. The summed E-state index contributed by atoms with van der Waals surface area (Å²) in [5.41, 5.74) is 1.40. The van der Waals surface area contributed by atoms with E-state index >= 15 is 0 Å². The van der Waals surface area contributed by atoms with Gasteiger partial charge in [0.2, 0.25) is 5.78 Å². The predicted molar refractivity (Wildman–Crippen MR) is 70.1 cm³/mol. The summed E-state index contributed by atoms with van der Waals surface area (Å²) >= 11 is 0. The molecule has 1 aromatic carbocycles. The Kier molecular flexibility index (Phi) is 3.97. The highest BCUT2D eigenvalue weighted by Gasteiger charge is 2.21. The fraction of sp³-hybridized carbons (Fsp3) is 0.286. The van der Waals surface area contributed by atoms with Crippen LogP contribution in [0.15, 0.2) is 30.5 Å². The van der Waals surface area contributed by atoms with E-state index in [0.29, 0.717) is 5.56 Å². The lowest BCUT2D eigenvalue weighted by Crippen LogP contribution is -2.26. The molecule has 2 aromatic rings. The molecule has 19 heavy (non-hydrogen) atoms. The van der Waals surface area contributed by atoms with Gasteiger partial charge in [-0.15, -0.1) is 0 Å². The quantitative estimate of drug-likeness (QED) is 0.659. The lowest BCUT2D eigenvalue weighted by molar-refractivity contribution is -0.150. The average molecular weight is 261 g/mol. The van der Waals surface area contributed by atoms with Crippen LogP contribution in [0, 0.1) is 0 Å². The number of ketones is 1. The number of esters is 1. The van der Waals surface area contributed by atoms with Crippen molar-refractivity contribution in [3.05, 3.63) is 36.0 Å². The Morgan fingerprint density at radius 1 is 1.32 bits per heavy atom. The van der Waals surface area contributed by atoms with E-state index in [0.717, 1.165) is 10.9 Å². The number of ether oxygens (including phenoxy) is 2. The molecular weight excluding hydrogens is 246 g/mol. The fourth-order valence-corrected chi connectivity index (χ4v) is 1.90. The van der Waals surface area contributed by atoms with Crippen LogP contribution in [-0.2, 0) is 14.3 Å². The third kappa shape index (κ3) is 2.82. The number of rotatable bonds is 5. The lowest BCUT2D eigenvalue weighted by Gasteiger charge is -2.11. The molecule has 0 fully saturated rings. The molecule has 0 unspecified atom stereocenters. The maximum atomic E-state index is 12.2. The van der Waals surface area contributed by atoms with Crippen molar-refractivity contribution in [1.29, 1.82) is 0 Å². The van der Waals surface area contributed by atoms with E-state index in [1.165, 1.54) is 7.11 Å². The molecule has 5 nitrogen and oxygen atoms in total. The first-order valence-corrected chi connectivity index (χ1v) is 5.92. The van der Waals surface area contributed by atoms with Gasteiger partial charge in [-0.05, 0) is 13.0 Å². The summed E-state index contributed by atoms with van der Waals surface area (Å²) in [5.74, 6) is -0.787. The number of nitrogens with one attached hydrogen (secondary N) is 1. The van der Waals surface area contributed by atoms with Crippen molar-refractivity contribution in [2.45, 2.75) is 13.0 Å². The number of carbonyl (C=O) groups excluding carboxylic acids is 2. The molecular formula is C14H15NO4. The van der Waals surface area contributed by atoms with Crippen LogP contribution >= 0.6 is 0 Å². The maximum absolute atomic E-state index is 12.2. The van der Waals surface area contributed by atoms with Gasteiger partial charge in [0, 0.05) is 29.8 Å². The summed E-state index contributed by atoms with van der Waals surface area (Å²) in [4.78, 5) is 26.5. The highest BCUT2D eigenvalue weighted by atomic mass is 16.6. The number of hydrogen-bond donors (Lipinski definition) is 1. The molecule has 1 aromatic heterocycles. The van der Waals surface area contributed by atoms with E-state index in [2.05, 4.69) is 9.72 Å². The van der Waals surface area contributed by atoms with Gasteiger partial charge in [-0.1, -0.05) is 18.2 Å². The van der Waals surface area contributed by atoms with Gasteiger partial charge in [-0.2, -0.15) is 0 Å². The number of carbonyl (C=O) groups is 2. The van der Waals surface area contributed by atoms with Gasteiger partial charge < -0.3 is 14.5 Å². The van der Waals surface area contributed by atoms with Crippen molar-refractivity contribution in [2.24, 2.45) is 0 Å². The number of benzene rings is 1. The largest absolute Gasteiger partial charge is 0.453 e. The van der Waals surface area contributed by atoms with Crippen LogP contribution < -0.4 is 0 Å². The molecule has 1 N–H and O–H groups in total. The molecule has 0 aliphatic rings. The molecule has 2 rings (SSSR count). The summed E-state index contributed by atoms with van der Waals surface area (Å²) < 4.78 is 9.65. The zero-order valence-corrected chi connectivity index (χ0v) is 10.8. The number of aromatic amines is 1. The van der Waals surface area contributed by atoms with Gasteiger partial charge in [0.05, 0.1) is 0 Å². The monoisotopic (exact) mass is 261 g/mol. The molecule has 0 aliphatic heterocycles. The summed E-state index contributed by atoms with van der Waals surface area (Å²) in [6.07, 6.45) is 0.801. The number of methoxy groups -OCH3 is 1. The predicted octanol–water partition coefficient (Wildman–Crippen LogP) is 1.93. The minimum Gasteiger partial charge on any atom is -0.453 e. The second kappa shape index (κ2) is 5.67. The zero-order valence-electron chi connectivity index (χ0n) is 10.8. The van der Waals surface area contributed by atoms with Crippen LogP contribution in [-0.4, -0.2) is 36.6 Å². The van der Waals surface area contributed by atoms with Crippen LogP contribution in [0.2, 0.25) is 0 Å². The van der Waals surface area contributed by atoms with E-state index in [4.69, 9.17) is 4.74 Å². The van der Waals surface area contributed by atoms with Crippen molar-refractivity contribution in [1.82, 2.24) is 4.98 Å². The molecule has 1 atom stereocenters. The van der Waals surface area contributed by atoms with Crippen LogP contribution in [0.3, 0.4) is 0 Å². The first-order chi connectivity index (χ1) is 9.13. The molecule has 0 aliphatic carbocycles. The van der Waals surface area contributed by atoms with Gasteiger partial charge in [0.1, 0.15) is 6.61 Å². The van der Waals surface area contributed by atoms with Crippen LogP contribution in [0.25, 0.3) is 10.9 Å². The summed E-state index contributed by atoms with van der Waals surface area (Å²) in [6, 6.07) is 7.47. The van der Waals surface area contributed by atoms with E-state index in [1.807, 2.05) is 24.3 Å². The second-order valence-corrected chi connectivity index (χ2v) is 4.18. The molecule has 0 amide bonds. The average Bonchev–Trinajstić information content (AvgIpc) is 2.81. The molecule has 5 heteroatoms. The van der Waals surface area contributed by atoms with Crippen molar-refractivity contribution in [3.63, 3.8) is 0 Å². The van der Waals surface area contributed by atoms with Crippen molar-refractivity contribution in [2.75, 3.05) is 13.7 Å². The van der Waals surface area contributed by atoms with Crippen molar-refractivity contribution >= 4 is 22.7 Å². The SMILES string of the molecule is COCC(=O)O[C@H](C)C(=O)c1c[nH]c2ccccc12. The fourth-order valence-electron chi connectivity index (χ4n) is 1.90. The minimum absolute atomic E-state index is 0.161. The summed E-state index contributed by atoms with van der Waals surface area (Å²) in [6.45, 7) is 1.39. The Morgan fingerprint density at radius 3 is 2.79 bits per heavy atom. The number of hydrogen-bond acceptors (Lipinski definition) is 4.